The Morgan fingerprint density at radius 2 is 1.59 bits per heavy atom. The van der Waals surface area contributed by atoms with Gasteiger partial charge in [0.1, 0.15) is 5.01 Å². The van der Waals surface area contributed by atoms with Gasteiger partial charge in [-0.2, -0.15) is 0 Å². The third-order valence-corrected chi connectivity index (χ3v) is 7.22. The quantitative estimate of drug-likeness (QED) is 0.411. The number of fused-ring (bicyclic) bond motifs is 4. The topological polar surface area (TPSA) is 38.9 Å². The average Bonchev–Trinajstić information content (AvgIpc) is 3.24. The molecule has 0 aliphatic heterocycles. The number of nitrogens with two attached hydrogens (primary N) is 1. The van der Waals surface area contributed by atoms with Crippen molar-refractivity contribution < 1.29 is 0 Å². The third kappa shape index (κ3) is 2.28. The van der Waals surface area contributed by atoms with Crippen molar-refractivity contribution in [2.45, 2.75) is 32.1 Å². The van der Waals surface area contributed by atoms with Gasteiger partial charge < -0.3 is 5.73 Å². The molecule has 0 spiro atoms. The van der Waals surface area contributed by atoms with Crippen molar-refractivity contribution >= 4 is 27.2 Å². The Bertz CT molecular complexity index is 1140. The number of hydrogen-bond acceptors (Lipinski definition) is 3. The zero-order valence-corrected chi connectivity index (χ0v) is 16.4. The van der Waals surface area contributed by atoms with E-state index in [0.717, 1.165) is 29.1 Å². The standard InChI is InChI=1S/C24H22N2S/c1-3-24(4-2)19-13-15(23-26-21-7-5-6-8-22(21)27-23)9-11-17(19)18-12-10-16(25)14-20(18)24/h5-14H,3-4,25H2,1-2H3. The summed E-state index contributed by atoms with van der Waals surface area (Å²) in [5.41, 5.74) is 14.8. The molecule has 3 aromatic carbocycles. The number of para-hydroxylation sites is 1. The van der Waals surface area contributed by atoms with Crippen LogP contribution >= 0.6 is 11.3 Å². The summed E-state index contributed by atoms with van der Waals surface area (Å²) in [5, 5.41) is 1.09. The van der Waals surface area contributed by atoms with Crippen molar-refractivity contribution in [2.24, 2.45) is 0 Å². The molecule has 0 saturated heterocycles. The number of aromatic nitrogens is 1. The summed E-state index contributed by atoms with van der Waals surface area (Å²) in [7, 11) is 0. The van der Waals surface area contributed by atoms with Crippen molar-refractivity contribution in [1.29, 1.82) is 0 Å². The Morgan fingerprint density at radius 3 is 2.33 bits per heavy atom. The van der Waals surface area contributed by atoms with Crippen LogP contribution in [0.1, 0.15) is 37.8 Å². The lowest BCUT2D eigenvalue weighted by Gasteiger charge is -2.30. The van der Waals surface area contributed by atoms with E-state index in [0.29, 0.717) is 0 Å². The smallest absolute Gasteiger partial charge is 0.124 e. The van der Waals surface area contributed by atoms with Crippen LogP contribution in [0.5, 0.6) is 0 Å². The minimum absolute atomic E-state index is 0.0345. The molecule has 5 rings (SSSR count). The summed E-state index contributed by atoms with van der Waals surface area (Å²) < 4.78 is 1.24. The Kier molecular flexibility index (Phi) is 3.63. The maximum absolute atomic E-state index is 6.15. The van der Waals surface area contributed by atoms with E-state index in [1.807, 2.05) is 6.07 Å². The largest absolute Gasteiger partial charge is 0.399 e. The second-order valence-corrected chi connectivity index (χ2v) is 8.37. The zero-order valence-electron chi connectivity index (χ0n) is 15.6. The molecule has 1 heterocycles. The van der Waals surface area contributed by atoms with E-state index in [-0.39, 0.29) is 5.41 Å². The fourth-order valence-electron chi connectivity index (χ4n) is 4.65. The van der Waals surface area contributed by atoms with Gasteiger partial charge in [-0.1, -0.05) is 44.2 Å². The molecule has 0 bridgehead atoms. The zero-order chi connectivity index (χ0) is 18.6. The Hall–Kier alpha value is -2.65. The lowest BCUT2D eigenvalue weighted by molar-refractivity contribution is 0.491. The number of nitrogen functional groups attached to an aromatic ring is 1. The van der Waals surface area contributed by atoms with E-state index in [4.69, 9.17) is 10.7 Å². The predicted molar refractivity (Wildman–Crippen MR) is 116 cm³/mol. The van der Waals surface area contributed by atoms with Crippen LogP contribution in [-0.4, -0.2) is 4.98 Å². The highest BCUT2D eigenvalue weighted by atomic mass is 32.1. The molecule has 1 aromatic heterocycles. The minimum Gasteiger partial charge on any atom is -0.399 e. The van der Waals surface area contributed by atoms with Crippen molar-refractivity contribution in [3.05, 3.63) is 71.8 Å². The fourth-order valence-corrected chi connectivity index (χ4v) is 5.62. The first-order valence-electron chi connectivity index (χ1n) is 9.57. The van der Waals surface area contributed by atoms with Crippen LogP contribution in [-0.2, 0) is 5.41 Å². The predicted octanol–water partition coefficient (Wildman–Crippen LogP) is 6.63. The number of rotatable bonds is 3. The molecule has 1 aliphatic rings. The van der Waals surface area contributed by atoms with E-state index in [2.05, 4.69) is 68.4 Å². The van der Waals surface area contributed by atoms with Gasteiger partial charge in [0.2, 0.25) is 0 Å². The van der Waals surface area contributed by atoms with Crippen LogP contribution in [0.25, 0.3) is 31.9 Å². The molecule has 0 radical (unpaired) electrons. The van der Waals surface area contributed by atoms with E-state index in [9.17, 15) is 0 Å². The molecular formula is C24H22N2S. The van der Waals surface area contributed by atoms with Crippen LogP contribution in [0.15, 0.2) is 60.7 Å². The molecule has 0 amide bonds. The maximum atomic E-state index is 6.15. The summed E-state index contributed by atoms with van der Waals surface area (Å²) in [6.07, 6.45) is 2.13. The summed E-state index contributed by atoms with van der Waals surface area (Å²) in [6, 6.07) is 21.6. The van der Waals surface area contributed by atoms with Crippen molar-refractivity contribution in [2.75, 3.05) is 5.73 Å². The van der Waals surface area contributed by atoms with Gasteiger partial charge in [0.05, 0.1) is 10.2 Å². The Balaban J connectivity index is 1.73. The first-order chi connectivity index (χ1) is 13.2. The monoisotopic (exact) mass is 370 g/mol. The van der Waals surface area contributed by atoms with E-state index < -0.39 is 0 Å². The molecule has 1 aliphatic carbocycles. The normalized spacial score (nSPS) is 14.3. The third-order valence-electron chi connectivity index (χ3n) is 6.13. The minimum atomic E-state index is 0.0345. The second kappa shape index (κ2) is 5.93. The molecule has 2 N–H and O–H groups in total. The number of nitrogens with zero attached hydrogens (tertiary/aromatic N) is 1. The van der Waals surface area contributed by atoms with Gasteiger partial charge in [-0.15, -0.1) is 11.3 Å². The van der Waals surface area contributed by atoms with Gasteiger partial charge in [-0.25, -0.2) is 4.98 Å². The molecule has 0 saturated carbocycles. The lowest BCUT2D eigenvalue weighted by Crippen LogP contribution is -2.23. The molecule has 2 nitrogen and oxygen atoms in total. The van der Waals surface area contributed by atoms with Crippen LogP contribution in [0.4, 0.5) is 5.69 Å². The first kappa shape index (κ1) is 16.5. The van der Waals surface area contributed by atoms with Crippen LogP contribution in [0.3, 0.4) is 0 Å². The summed E-state index contributed by atoms with van der Waals surface area (Å²) in [5.74, 6) is 0. The molecule has 134 valence electrons. The van der Waals surface area contributed by atoms with Gasteiger partial charge in [0, 0.05) is 16.7 Å². The van der Waals surface area contributed by atoms with E-state index in [1.54, 1.807) is 11.3 Å². The van der Waals surface area contributed by atoms with E-state index >= 15 is 0 Å². The molecular weight excluding hydrogens is 348 g/mol. The van der Waals surface area contributed by atoms with Gasteiger partial charge in [0.25, 0.3) is 0 Å². The maximum Gasteiger partial charge on any atom is 0.124 e. The fraction of sp³-hybridized carbons (Fsp3) is 0.208. The molecule has 0 fully saturated rings. The highest BCUT2D eigenvalue weighted by Crippen LogP contribution is 2.54. The number of anilines is 1. The number of hydrogen-bond donors (Lipinski definition) is 1. The van der Waals surface area contributed by atoms with Crippen molar-refractivity contribution in [3.63, 3.8) is 0 Å². The summed E-state index contributed by atoms with van der Waals surface area (Å²) >= 11 is 1.77. The van der Waals surface area contributed by atoms with Crippen LogP contribution in [0, 0.1) is 0 Å². The average molecular weight is 371 g/mol. The molecule has 0 atom stereocenters. The van der Waals surface area contributed by atoms with E-state index in [1.165, 1.54) is 32.5 Å². The van der Waals surface area contributed by atoms with Crippen molar-refractivity contribution in [1.82, 2.24) is 4.98 Å². The van der Waals surface area contributed by atoms with Crippen LogP contribution in [0.2, 0.25) is 0 Å². The Labute approximate surface area is 163 Å². The molecule has 3 heteroatoms. The highest BCUT2D eigenvalue weighted by molar-refractivity contribution is 7.21. The van der Waals surface area contributed by atoms with Gasteiger partial charge in [-0.05, 0) is 65.4 Å². The van der Waals surface area contributed by atoms with Crippen LogP contribution < -0.4 is 5.73 Å². The summed E-state index contributed by atoms with van der Waals surface area (Å²) in [6.45, 7) is 4.58. The Morgan fingerprint density at radius 1 is 0.889 bits per heavy atom. The highest BCUT2D eigenvalue weighted by Gasteiger charge is 2.40. The first-order valence-corrected chi connectivity index (χ1v) is 10.4. The number of benzene rings is 3. The lowest BCUT2D eigenvalue weighted by atomic mass is 9.73. The van der Waals surface area contributed by atoms with Gasteiger partial charge >= 0.3 is 0 Å². The van der Waals surface area contributed by atoms with Gasteiger partial charge in [-0.3, -0.25) is 0 Å². The number of thiazole rings is 1. The molecule has 4 aromatic rings. The molecule has 27 heavy (non-hydrogen) atoms. The summed E-state index contributed by atoms with van der Waals surface area (Å²) in [4.78, 5) is 4.87. The van der Waals surface area contributed by atoms with Crippen molar-refractivity contribution in [3.8, 4) is 21.7 Å². The second-order valence-electron chi connectivity index (χ2n) is 7.34. The van der Waals surface area contributed by atoms with Gasteiger partial charge in [0.15, 0.2) is 0 Å². The molecule has 0 unspecified atom stereocenters. The SMILES string of the molecule is CCC1(CC)c2cc(N)ccc2-c2ccc(-c3nc4ccccc4s3)cc21.